The zero-order valence-electron chi connectivity index (χ0n) is 14.5. The molecular formula is C17H20N2O4S2. The monoisotopic (exact) mass is 380 g/mol. The lowest BCUT2D eigenvalue weighted by Crippen LogP contribution is -2.35. The maximum atomic E-state index is 12.0. The van der Waals surface area contributed by atoms with Crippen LogP contribution in [0.5, 0.6) is 11.5 Å². The molecule has 0 aromatic heterocycles. The number of hydrogen-bond donors (Lipinski definition) is 1. The summed E-state index contributed by atoms with van der Waals surface area (Å²) in [7, 11) is 3.35. The summed E-state index contributed by atoms with van der Waals surface area (Å²) in [5.74, 6) is 0.645. The standard InChI is InChI=1S/C17H20N2O4S2/c1-5-22-13-8-11(9-14-15(20)18-17(24)25-14)6-7-12(13)23-10(2)16(21)19(3)4/h6-10H,5H2,1-4H3,(H,18,20,24)/b14-9-/t10-/m0/s1. The van der Waals surface area contributed by atoms with Crippen molar-refractivity contribution in [1.82, 2.24) is 10.2 Å². The van der Waals surface area contributed by atoms with Crippen molar-refractivity contribution in [2.75, 3.05) is 20.7 Å². The van der Waals surface area contributed by atoms with Gasteiger partial charge in [0.05, 0.1) is 11.5 Å². The van der Waals surface area contributed by atoms with Crippen LogP contribution in [0.25, 0.3) is 6.08 Å². The van der Waals surface area contributed by atoms with Crippen molar-refractivity contribution in [2.24, 2.45) is 0 Å². The topological polar surface area (TPSA) is 67.9 Å². The van der Waals surface area contributed by atoms with Crippen LogP contribution in [0.4, 0.5) is 0 Å². The normalized spacial score (nSPS) is 16.6. The minimum atomic E-state index is -0.632. The molecule has 8 heteroatoms. The van der Waals surface area contributed by atoms with E-state index in [9.17, 15) is 9.59 Å². The van der Waals surface area contributed by atoms with Gasteiger partial charge in [0.2, 0.25) is 0 Å². The van der Waals surface area contributed by atoms with Crippen molar-refractivity contribution >= 4 is 46.2 Å². The summed E-state index contributed by atoms with van der Waals surface area (Å²) in [5, 5.41) is 2.58. The van der Waals surface area contributed by atoms with E-state index in [1.165, 1.54) is 16.7 Å². The highest BCUT2D eigenvalue weighted by Crippen LogP contribution is 2.32. The average Bonchev–Trinajstić information content (AvgIpc) is 2.86. The van der Waals surface area contributed by atoms with Gasteiger partial charge < -0.3 is 19.7 Å². The molecule has 0 aliphatic carbocycles. The van der Waals surface area contributed by atoms with Crippen LogP contribution in [0.1, 0.15) is 19.4 Å². The van der Waals surface area contributed by atoms with E-state index in [0.717, 1.165) is 5.56 Å². The molecule has 0 radical (unpaired) electrons. The van der Waals surface area contributed by atoms with Crippen molar-refractivity contribution in [3.8, 4) is 11.5 Å². The highest BCUT2D eigenvalue weighted by Gasteiger charge is 2.22. The maximum Gasteiger partial charge on any atom is 0.263 e. The second-order valence-corrected chi connectivity index (χ2v) is 7.20. The van der Waals surface area contributed by atoms with Crippen LogP contribution in [0.3, 0.4) is 0 Å². The molecule has 2 rings (SSSR count). The van der Waals surface area contributed by atoms with Gasteiger partial charge >= 0.3 is 0 Å². The number of carbonyl (C=O) groups excluding carboxylic acids is 2. The molecule has 25 heavy (non-hydrogen) atoms. The van der Waals surface area contributed by atoms with Gasteiger partial charge in [-0.1, -0.05) is 30.0 Å². The molecule has 6 nitrogen and oxygen atoms in total. The van der Waals surface area contributed by atoms with Crippen molar-refractivity contribution in [2.45, 2.75) is 20.0 Å². The average molecular weight is 380 g/mol. The van der Waals surface area contributed by atoms with Crippen LogP contribution in [0, 0.1) is 0 Å². The molecule has 1 heterocycles. The van der Waals surface area contributed by atoms with Crippen molar-refractivity contribution in [3.05, 3.63) is 28.7 Å². The minimum Gasteiger partial charge on any atom is -0.490 e. The molecule has 0 spiro atoms. The summed E-state index contributed by atoms with van der Waals surface area (Å²) >= 11 is 6.20. The van der Waals surface area contributed by atoms with Gasteiger partial charge in [-0.2, -0.15) is 0 Å². The maximum absolute atomic E-state index is 12.0. The highest BCUT2D eigenvalue weighted by atomic mass is 32.2. The summed E-state index contributed by atoms with van der Waals surface area (Å²) in [5.41, 5.74) is 0.782. The van der Waals surface area contributed by atoms with E-state index in [1.807, 2.05) is 6.92 Å². The van der Waals surface area contributed by atoms with Crippen molar-refractivity contribution < 1.29 is 19.1 Å². The SMILES string of the molecule is CCOc1cc(/C=C2\SC(=S)NC2=O)ccc1O[C@@H](C)C(=O)N(C)C. The summed E-state index contributed by atoms with van der Waals surface area (Å²) in [6, 6.07) is 5.30. The van der Waals surface area contributed by atoms with Crippen LogP contribution in [0.2, 0.25) is 0 Å². The van der Waals surface area contributed by atoms with Crippen molar-refractivity contribution in [1.29, 1.82) is 0 Å². The Balaban J connectivity index is 2.25. The lowest BCUT2D eigenvalue weighted by atomic mass is 10.2. The Kier molecular flexibility index (Phi) is 6.44. The molecule has 1 aromatic rings. The van der Waals surface area contributed by atoms with E-state index >= 15 is 0 Å². The fraction of sp³-hybridized carbons (Fsp3) is 0.353. The molecule has 1 fully saturated rings. The Morgan fingerprint density at radius 2 is 2.12 bits per heavy atom. The molecule has 0 saturated carbocycles. The molecule has 1 N–H and O–H groups in total. The van der Waals surface area contributed by atoms with Gasteiger partial charge in [0.1, 0.15) is 4.32 Å². The third-order valence-electron chi connectivity index (χ3n) is 3.30. The number of hydrogen-bond acceptors (Lipinski definition) is 6. The molecular weight excluding hydrogens is 360 g/mol. The first-order chi connectivity index (χ1) is 11.8. The molecule has 1 saturated heterocycles. The third-order valence-corrected chi connectivity index (χ3v) is 4.46. The molecule has 2 amide bonds. The van der Waals surface area contributed by atoms with Gasteiger partial charge in [-0.05, 0) is 37.6 Å². The fourth-order valence-electron chi connectivity index (χ4n) is 2.16. The number of likely N-dealkylation sites (N-methyl/N-ethyl adjacent to an activating group) is 1. The summed E-state index contributed by atoms with van der Waals surface area (Å²) in [6.07, 6.45) is 1.10. The second kappa shape index (κ2) is 8.35. The zero-order valence-corrected chi connectivity index (χ0v) is 16.1. The summed E-state index contributed by atoms with van der Waals surface area (Å²) in [6.45, 7) is 4.00. The highest BCUT2D eigenvalue weighted by molar-refractivity contribution is 8.26. The van der Waals surface area contributed by atoms with E-state index in [1.54, 1.807) is 45.3 Å². The lowest BCUT2D eigenvalue weighted by molar-refractivity contribution is -0.135. The quantitative estimate of drug-likeness (QED) is 0.604. The lowest BCUT2D eigenvalue weighted by Gasteiger charge is -2.20. The Hall–Kier alpha value is -2.06. The smallest absolute Gasteiger partial charge is 0.263 e. The van der Waals surface area contributed by atoms with E-state index in [2.05, 4.69) is 5.32 Å². The van der Waals surface area contributed by atoms with Crippen LogP contribution in [-0.2, 0) is 9.59 Å². The van der Waals surface area contributed by atoms with Gasteiger partial charge in [0, 0.05) is 14.1 Å². The van der Waals surface area contributed by atoms with Gasteiger partial charge in [0.25, 0.3) is 11.8 Å². The number of amides is 2. The van der Waals surface area contributed by atoms with Crippen molar-refractivity contribution in [3.63, 3.8) is 0 Å². The van der Waals surface area contributed by atoms with Gasteiger partial charge in [-0.25, -0.2) is 0 Å². The molecule has 1 aliphatic heterocycles. The van der Waals surface area contributed by atoms with Crippen LogP contribution in [-0.4, -0.2) is 47.8 Å². The van der Waals surface area contributed by atoms with Gasteiger partial charge in [0.15, 0.2) is 17.6 Å². The fourth-order valence-corrected chi connectivity index (χ4v) is 3.20. The number of thiocarbonyl (C=S) groups is 1. The van der Waals surface area contributed by atoms with E-state index in [-0.39, 0.29) is 11.8 Å². The number of ether oxygens (including phenoxy) is 2. The van der Waals surface area contributed by atoms with E-state index in [4.69, 9.17) is 21.7 Å². The Labute approximate surface area is 156 Å². The van der Waals surface area contributed by atoms with Crippen LogP contribution in [0.15, 0.2) is 23.1 Å². The van der Waals surface area contributed by atoms with E-state index < -0.39 is 6.10 Å². The first-order valence-corrected chi connectivity index (χ1v) is 8.93. The predicted octanol–water partition coefficient (Wildman–Crippen LogP) is 2.43. The second-order valence-electron chi connectivity index (χ2n) is 5.48. The van der Waals surface area contributed by atoms with Gasteiger partial charge in [-0.3, -0.25) is 9.59 Å². The molecule has 1 atom stereocenters. The summed E-state index contributed by atoms with van der Waals surface area (Å²) in [4.78, 5) is 25.7. The molecule has 1 aromatic carbocycles. The van der Waals surface area contributed by atoms with E-state index in [0.29, 0.717) is 27.3 Å². The first-order valence-electron chi connectivity index (χ1n) is 7.71. The number of carbonyl (C=O) groups is 2. The molecule has 134 valence electrons. The number of nitrogens with zero attached hydrogens (tertiary/aromatic N) is 1. The number of nitrogens with one attached hydrogen (secondary N) is 1. The Morgan fingerprint density at radius 3 is 2.68 bits per heavy atom. The largest absolute Gasteiger partial charge is 0.490 e. The number of benzene rings is 1. The molecule has 0 bridgehead atoms. The number of thioether (sulfide) groups is 1. The van der Waals surface area contributed by atoms with Crippen LogP contribution < -0.4 is 14.8 Å². The third kappa shape index (κ3) is 4.96. The zero-order chi connectivity index (χ0) is 18.6. The van der Waals surface area contributed by atoms with Crippen LogP contribution >= 0.6 is 24.0 Å². The minimum absolute atomic E-state index is 0.138. The number of rotatable bonds is 6. The molecule has 0 unspecified atom stereocenters. The van der Waals surface area contributed by atoms with Gasteiger partial charge in [-0.15, -0.1) is 0 Å². The predicted molar refractivity (Wildman–Crippen MR) is 103 cm³/mol. The first kappa shape index (κ1) is 19.3. The summed E-state index contributed by atoms with van der Waals surface area (Å²) < 4.78 is 11.8. The Morgan fingerprint density at radius 1 is 1.40 bits per heavy atom. The Bertz CT molecular complexity index is 731. The molecule has 1 aliphatic rings.